The first-order chi connectivity index (χ1) is 5.31. The zero-order chi connectivity index (χ0) is 8.53. The van der Waals surface area contributed by atoms with Crippen LogP contribution in [0.4, 0.5) is 0 Å². The van der Waals surface area contributed by atoms with Gasteiger partial charge in [0, 0.05) is 0 Å². The van der Waals surface area contributed by atoms with Crippen molar-refractivity contribution in [2.24, 2.45) is 5.92 Å². The van der Waals surface area contributed by atoms with Gasteiger partial charge in [-0.25, -0.2) is 5.11 Å². The van der Waals surface area contributed by atoms with Gasteiger partial charge >= 0.3 is 0 Å². The van der Waals surface area contributed by atoms with E-state index in [0.717, 1.165) is 6.42 Å². The Kier molecular flexibility index (Phi) is 7.59. The van der Waals surface area contributed by atoms with E-state index in [1.807, 2.05) is 13.8 Å². The van der Waals surface area contributed by atoms with Crippen LogP contribution in [-0.4, -0.2) is 6.61 Å². The van der Waals surface area contributed by atoms with Crippen LogP contribution in [0.2, 0.25) is 0 Å². The minimum atomic E-state index is 0.0869. The van der Waals surface area contributed by atoms with Gasteiger partial charge < -0.3 is 0 Å². The first kappa shape index (κ1) is 10.7. The van der Waals surface area contributed by atoms with Gasteiger partial charge in [-0.1, -0.05) is 25.5 Å². The van der Waals surface area contributed by atoms with Crippen molar-refractivity contribution in [1.82, 2.24) is 0 Å². The van der Waals surface area contributed by atoms with Gasteiger partial charge in [0.25, 0.3) is 0 Å². The summed E-state index contributed by atoms with van der Waals surface area (Å²) >= 11 is 0. The Bertz CT molecular complexity index is 97.0. The van der Waals surface area contributed by atoms with Crippen molar-refractivity contribution in [1.29, 1.82) is 0 Å². The minimum Gasteiger partial charge on any atom is -0.236 e. The lowest BCUT2D eigenvalue weighted by atomic mass is 10.0. The molecule has 0 aromatic heterocycles. The summed E-state index contributed by atoms with van der Waals surface area (Å²) in [5, 5.41) is 10.3. The molecule has 1 radical (unpaired) electrons. The molecule has 1 atom stereocenters. The average Bonchev–Trinajstić information content (AvgIpc) is 2.04. The van der Waals surface area contributed by atoms with Crippen LogP contribution in [0, 0.1) is 5.92 Å². The van der Waals surface area contributed by atoms with E-state index < -0.39 is 0 Å². The SMILES string of the molecule is CC=CCCCCC(C)C[O]. The van der Waals surface area contributed by atoms with Crippen LogP contribution in [-0.2, 0) is 5.11 Å². The third kappa shape index (κ3) is 7.60. The van der Waals surface area contributed by atoms with Crippen LogP contribution < -0.4 is 0 Å². The molecule has 0 N–H and O–H groups in total. The fraction of sp³-hybridized carbons (Fsp3) is 0.800. The third-order valence-corrected chi connectivity index (χ3v) is 1.84. The van der Waals surface area contributed by atoms with Crippen LogP contribution >= 0.6 is 0 Å². The van der Waals surface area contributed by atoms with Crippen molar-refractivity contribution in [3.8, 4) is 0 Å². The number of hydrogen-bond donors (Lipinski definition) is 0. The number of hydrogen-bond acceptors (Lipinski definition) is 0. The molecule has 0 saturated heterocycles. The second-order valence-electron chi connectivity index (χ2n) is 3.13. The van der Waals surface area contributed by atoms with E-state index in [0.29, 0.717) is 5.92 Å². The fourth-order valence-corrected chi connectivity index (χ4v) is 1.00. The van der Waals surface area contributed by atoms with E-state index in [9.17, 15) is 5.11 Å². The van der Waals surface area contributed by atoms with Crippen LogP contribution in [0.15, 0.2) is 12.2 Å². The van der Waals surface area contributed by atoms with Crippen LogP contribution in [0.25, 0.3) is 0 Å². The van der Waals surface area contributed by atoms with E-state index in [1.165, 1.54) is 19.3 Å². The first-order valence-electron chi connectivity index (χ1n) is 4.50. The minimum absolute atomic E-state index is 0.0869. The molecule has 0 aliphatic rings. The van der Waals surface area contributed by atoms with Crippen molar-refractivity contribution in [3.05, 3.63) is 12.2 Å². The fourth-order valence-electron chi connectivity index (χ4n) is 1.00. The maximum atomic E-state index is 10.3. The summed E-state index contributed by atoms with van der Waals surface area (Å²) in [7, 11) is 0. The molecule has 0 amide bonds. The number of unbranched alkanes of at least 4 members (excludes halogenated alkanes) is 2. The Labute approximate surface area is 70.1 Å². The number of allylic oxidation sites excluding steroid dienone is 2. The van der Waals surface area contributed by atoms with Crippen molar-refractivity contribution in [2.75, 3.05) is 6.61 Å². The Hall–Kier alpha value is -0.300. The lowest BCUT2D eigenvalue weighted by molar-refractivity contribution is 0.145. The monoisotopic (exact) mass is 155 g/mol. The predicted octanol–water partition coefficient (Wildman–Crippen LogP) is 3.19. The molecule has 0 bridgehead atoms. The Morgan fingerprint density at radius 1 is 1.36 bits per heavy atom. The molecular formula is C10H19O. The van der Waals surface area contributed by atoms with E-state index >= 15 is 0 Å². The van der Waals surface area contributed by atoms with Gasteiger partial charge in [-0.05, 0) is 32.1 Å². The van der Waals surface area contributed by atoms with Gasteiger partial charge in [0.15, 0.2) is 0 Å². The van der Waals surface area contributed by atoms with E-state index in [1.54, 1.807) is 0 Å². The van der Waals surface area contributed by atoms with E-state index in [-0.39, 0.29) is 6.61 Å². The normalized spacial score (nSPS) is 14.1. The summed E-state index contributed by atoms with van der Waals surface area (Å²) < 4.78 is 0. The summed E-state index contributed by atoms with van der Waals surface area (Å²) in [6.45, 7) is 4.16. The molecule has 0 fully saturated rings. The zero-order valence-electron chi connectivity index (χ0n) is 7.68. The molecule has 0 rings (SSSR count). The molecule has 1 nitrogen and oxygen atoms in total. The molecule has 0 aromatic rings. The molecule has 11 heavy (non-hydrogen) atoms. The highest BCUT2D eigenvalue weighted by Crippen LogP contribution is 2.08. The van der Waals surface area contributed by atoms with Crippen LogP contribution in [0.3, 0.4) is 0 Å². The molecule has 0 aliphatic heterocycles. The molecule has 1 heteroatoms. The lowest BCUT2D eigenvalue weighted by Crippen LogP contribution is -1.98. The molecule has 0 aromatic carbocycles. The predicted molar refractivity (Wildman–Crippen MR) is 48.0 cm³/mol. The summed E-state index contributed by atoms with van der Waals surface area (Å²) in [4.78, 5) is 0. The van der Waals surface area contributed by atoms with Crippen LogP contribution in [0.1, 0.15) is 39.5 Å². The molecule has 0 spiro atoms. The molecule has 65 valence electrons. The summed E-state index contributed by atoms with van der Waals surface area (Å²) in [5.41, 5.74) is 0. The largest absolute Gasteiger partial charge is 0.236 e. The van der Waals surface area contributed by atoms with Gasteiger partial charge in [-0.15, -0.1) is 0 Å². The highest BCUT2D eigenvalue weighted by atomic mass is 16.3. The van der Waals surface area contributed by atoms with Crippen molar-refractivity contribution in [3.63, 3.8) is 0 Å². The second kappa shape index (κ2) is 7.80. The molecule has 0 aliphatic carbocycles. The van der Waals surface area contributed by atoms with Gasteiger partial charge in [-0.2, -0.15) is 0 Å². The van der Waals surface area contributed by atoms with Gasteiger partial charge in [-0.3, -0.25) is 0 Å². The van der Waals surface area contributed by atoms with Crippen molar-refractivity contribution >= 4 is 0 Å². The highest BCUT2D eigenvalue weighted by molar-refractivity contribution is 4.76. The van der Waals surface area contributed by atoms with E-state index in [4.69, 9.17) is 0 Å². The van der Waals surface area contributed by atoms with Crippen LogP contribution in [0.5, 0.6) is 0 Å². The van der Waals surface area contributed by atoms with Gasteiger partial charge in [0.1, 0.15) is 0 Å². The standard InChI is InChI=1S/C10H19O/c1-3-4-5-6-7-8-10(2)9-11/h3-4,10H,5-9H2,1-2H3. The summed E-state index contributed by atoms with van der Waals surface area (Å²) in [5.74, 6) is 0.376. The summed E-state index contributed by atoms with van der Waals surface area (Å²) in [6.07, 6.45) is 8.96. The Morgan fingerprint density at radius 3 is 2.64 bits per heavy atom. The second-order valence-corrected chi connectivity index (χ2v) is 3.13. The Morgan fingerprint density at radius 2 is 2.09 bits per heavy atom. The average molecular weight is 155 g/mol. The molecular weight excluding hydrogens is 136 g/mol. The molecule has 0 saturated carbocycles. The first-order valence-corrected chi connectivity index (χ1v) is 4.50. The van der Waals surface area contributed by atoms with E-state index in [2.05, 4.69) is 12.2 Å². The van der Waals surface area contributed by atoms with Gasteiger partial charge in [0.2, 0.25) is 0 Å². The Balaban J connectivity index is 3.01. The molecule has 0 heterocycles. The third-order valence-electron chi connectivity index (χ3n) is 1.84. The topological polar surface area (TPSA) is 19.9 Å². The smallest absolute Gasteiger partial charge is 0.0847 e. The van der Waals surface area contributed by atoms with Gasteiger partial charge in [0.05, 0.1) is 6.61 Å². The van der Waals surface area contributed by atoms with Crippen molar-refractivity contribution in [2.45, 2.75) is 39.5 Å². The number of rotatable bonds is 6. The zero-order valence-corrected chi connectivity index (χ0v) is 7.68. The maximum absolute atomic E-state index is 10.3. The highest BCUT2D eigenvalue weighted by Gasteiger charge is 1.98. The maximum Gasteiger partial charge on any atom is 0.0847 e. The van der Waals surface area contributed by atoms with Crippen molar-refractivity contribution < 1.29 is 5.11 Å². The lowest BCUT2D eigenvalue weighted by Gasteiger charge is -2.03. The molecule has 1 unspecified atom stereocenters. The quantitative estimate of drug-likeness (QED) is 0.414. The summed E-state index contributed by atoms with van der Waals surface area (Å²) in [6, 6.07) is 0.